The zero-order valence-electron chi connectivity index (χ0n) is 19.6. The summed E-state index contributed by atoms with van der Waals surface area (Å²) in [5, 5.41) is 17.2. The van der Waals surface area contributed by atoms with Crippen LogP contribution in [0.25, 0.3) is 12.2 Å². The maximum atomic E-state index is 11.1. The van der Waals surface area contributed by atoms with Crippen LogP contribution in [-0.2, 0) is 17.3 Å². The third-order valence-corrected chi connectivity index (χ3v) is 8.52. The molecule has 0 radical (unpaired) electrons. The first kappa shape index (κ1) is 23.7. The predicted octanol–water partition coefficient (Wildman–Crippen LogP) is 7.09. The van der Waals surface area contributed by atoms with Crippen LogP contribution >= 0.6 is 23.1 Å². The van der Waals surface area contributed by atoms with Crippen molar-refractivity contribution in [2.75, 3.05) is 5.75 Å². The number of carboxylic acids is 1. The highest BCUT2D eigenvalue weighted by Crippen LogP contribution is 2.47. The first-order chi connectivity index (χ1) is 15.7. The lowest BCUT2D eigenvalue weighted by atomic mass is 9.62. The predicted molar refractivity (Wildman–Crippen MR) is 138 cm³/mol. The molecule has 3 aromatic rings. The van der Waals surface area contributed by atoms with E-state index in [9.17, 15) is 4.79 Å². The Bertz CT molecular complexity index is 1160. The molecule has 172 valence electrons. The van der Waals surface area contributed by atoms with E-state index in [4.69, 9.17) is 5.11 Å². The summed E-state index contributed by atoms with van der Waals surface area (Å²) >= 11 is 3.33. The molecule has 0 atom stereocenters. The standard InChI is InChI=1S/C27H30N2O2S2/c1-26(2)12-13-27(3,4)23-16-21(11-14-32-25-29-28-17-33-25)20(15-22(23)26)10-7-18-5-8-19(9-6-18)24(30)31/h5-10,15-17H,11-14H2,1-4H3,(H,30,31). The second kappa shape index (κ2) is 9.43. The Balaban J connectivity index is 1.68. The van der Waals surface area contributed by atoms with Gasteiger partial charge < -0.3 is 5.11 Å². The van der Waals surface area contributed by atoms with E-state index in [1.807, 2.05) is 12.1 Å². The summed E-state index contributed by atoms with van der Waals surface area (Å²) in [7, 11) is 0. The molecule has 4 nitrogen and oxygen atoms in total. The van der Waals surface area contributed by atoms with E-state index in [0.717, 1.165) is 22.1 Å². The Morgan fingerprint density at radius 1 is 1.06 bits per heavy atom. The Kier molecular flexibility index (Phi) is 6.78. The minimum Gasteiger partial charge on any atom is -0.478 e. The molecule has 0 amide bonds. The van der Waals surface area contributed by atoms with Crippen LogP contribution in [0, 0.1) is 0 Å². The smallest absolute Gasteiger partial charge is 0.335 e. The number of fused-ring (bicyclic) bond motifs is 1. The van der Waals surface area contributed by atoms with Crippen LogP contribution in [0.5, 0.6) is 0 Å². The molecule has 1 N–H and O–H groups in total. The Morgan fingerprint density at radius 3 is 2.33 bits per heavy atom. The third-order valence-electron chi connectivity index (χ3n) is 6.66. The highest BCUT2D eigenvalue weighted by molar-refractivity contribution is 8.00. The molecule has 33 heavy (non-hydrogen) atoms. The molecule has 6 heteroatoms. The van der Waals surface area contributed by atoms with Gasteiger partial charge in [0.25, 0.3) is 0 Å². The summed E-state index contributed by atoms with van der Waals surface area (Å²) in [5.41, 5.74) is 8.88. The van der Waals surface area contributed by atoms with Crippen LogP contribution in [0.4, 0.5) is 0 Å². The van der Waals surface area contributed by atoms with Crippen molar-refractivity contribution in [1.82, 2.24) is 10.2 Å². The van der Waals surface area contributed by atoms with Crippen LogP contribution in [0.15, 0.2) is 46.2 Å². The molecule has 0 aliphatic heterocycles. The molecule has 0 saturated carbocycles. The molecule has 4 rings (SSSR count). The fraction of sp³-hybridized carbons (Fsp3) is 0.370. The van der Waals surface area contributed by atoms with Gasteiger partial charge in [0, 0.05) is 5.75 Å². The summed E-state index contributed by atoms with van der Waals surface area (Å²) < 4.78 is 1.00. The van der Waals surface area contributed by atoms with Gasteiger partial charge in [0.1, 0.15) is 5.51 Å². The zero-order valence-corrected chi connectivity index (χ0v) is 21.2. The van der Waals surface area contributed by atoms with Crippen molar-refractivity contribution in [1.29, 1.82) is 0 Å². The second-order valence-corrected chi connectivity index (χ2v) is 12.1. The number of hydrogen-bond donors (Lipinski definition) is 1. The van der Waals surface area contributed by atoms with Gasteiger partial charge in [0.15, 0.2) is 4.34 Å². The topological polar surface area (TPSA) is 63.1 Å². The first-order valence-electron chi connectivity index (χ1n) is 11.2. The number of rotatable bonds is 7. The summed E-state index contributed by atoms with van der Waals surface area (Å²) in [6, 6.07) is 11.8. The lowest BCUT2D eigenvalue weighted by Gasteiger charge is -2.42. The fourth-order valence-electron chi connectivity index (χ4n) is 4.44. The van der Waals surface area contributed by atoms with Gasteiger partial charge in [-0.25, -0.2) is 4.79 Å². The van der Waals surface area contributed by atoms with Crippen LogP contribution in [0.1, 0.15) is 78.7 Å². The number of carboxylic acid groups (broad SMARTS) is 1. The van der Waals surface area contributed by atoms with Gasteiger partial charge in [-0.1, -0.05) is 87.2 Å². The van der Waals surface area contributed by atoms with Crippen molar-refractivity contribution < 1.29 is 9.90 Å². The van der Waals surface area contributed by atoms with Crippen molar-refractivity contribution in [2.24, 2.45) is 0 Å². The van der Waals surface area contributed by atoms with Gasteiger partial charge in [0.2, 0.25) is 0 Å². The summed E-state index contributed by atoms with van der Waals surface area (Å²) in [6.07, 6.45) is 7.58. The lowest BCUT2D eigenvalue weighted by Crippen LogP contribution is -2.34. The number of thioether (sulfide) groups is 1. The average molecular weight is 479 g/mol. The number of aromatic carboxylic acids is 1. The Morgan fingerprint density at radius 2 is 1.73 bits per heavy atom. The van der Waals surface area contributed by atoms with Gasteiger partial charge in [0.05, 0.1) is 5.56 Å². The molecule has 0 fully saturated rings. The van der Waals surface area contributed by atoms with Crippen LogP contribution in [0.2, 0.25) is 0 Å². The molecular weight excluding hydrogens is 448 g/mol. The number of benzene rings is 2. The molecule has 1 aromatic heterocycles. The zero-order chi connectivity index (χ0) is 23.6. The van der Waals surface area contributed by atoms with E-state index in [2.05, 4.69) is 62.2 Å². The Hall–Kier alpha value is -2.44. The van der Waals surface area contributed by atoms with E-state index < -0.39 is 5.97 Å². The maximum absolute atomic E-state index is 11.1. The molecule has 2 aromatic carbocycles. The monoisotopic (exact) mass is 478 g/mol. The van der Waals surface area contributed by atoms with Gasteiger partial charge in [-0.15, -0.1) is 10.2 Å². The molecule has 1 heterocycles. The lowest BCUT2D eigenvalue weighted by molar-refractivity contribution is 0.0697. The average Bonchev–Trinajstić information content (AvgIpc) is 3.29. The fourth-order valence-corrected chi connectivity index (χ4v) is 5.98. The van der Waals surface area contributed by atoms with Crippen LogP contribution < -0.4 is 0 Å². The van der Waals surface area contributed by atoms with Crippen molar-refractivity contribution in [3.63, 3.8) is 0 Å². The normalized spacial score (nSPS) is 16.6. The molecule has 0 unspecified atom stereocenters. The largest absolute Gasteiger partial charge is 0.478 e. The minimum absolute atomic E-state index is 0.149. The quantitative estimate of drug-likeness (QED) is 0.290. The highest BCUT2D eigenvalue weighted by Gasteiger charge is 2.37. The highest BCUT2D eigenvalue weighted by atomic mass is 32.2. The number of aromatic nitrogens is 2. The molecule has 0 saturated heterocycles. The van der Waals surface area contributed by atoms with E-state index in [0.29, 0.717) is 5.56 Å². The van der Waals surface area contributed by atoms with Crippen molar-refractivity contribution in [3.05, 3.63) is 75.3 Å². The molecular formula is C27H30N2O2S2. The minimum atomic E-state index is -0.903. The van der Waals surface area contributed by atoms with Crippen LogP contribution in [-0.4, -0.2) is 27.0 Å². The van der Waals surface area contributed by atoms with Gasteiger partial charge >= 0.3 is 5.97 Å². The molecule has 0 bridgehead atoms. The van der Waals surface area contributed by atoms with Crippen molar-refractivity contribution >= 4 is 41.2 Å². The maximum Gasteiger partial charge on any atom is 0.335 e. The summed E-state index contributed by atoms with van der Waals surface area (Å²) in [4.78, 5) is 11.1. The van der Waals surface area contributed by atoms with Gasteiger partial charge in [-0.05, 0) is 70.0 Å². The SMILES string of the molecule is CC1(C)CCC(C)(C)c2cc(CCSc3nncs3)c(C=Cc3ccc(C(=O)O)cc3)cc21. The van der Waals surface area contributed by atoms with E-state index in [1.165, 1.54) is 35.1 Å². The second-order valence-electron chi connectivity index (χ2n) is 9.93. The molecule has 1 aliphatic carbocycles. The first-order valence-corrected chi connectivity index (χ1v) is 13.1. The van der Waals surface area contributed by atoms with Crippen molar-refractivity contribution in [2.45, 2.75) is 62.1 Å². The molecule has 0 spiro atoms. The van der Waals surface area contributed by atoms with Crippen molar-refractivity contribution in [3.8, 4) is 0 Å². The van der Waals surface area contributed by atoms with E-state index >= 15 is 0 Å². The van der Waals surface area contributed by atoms with Crippen LogP contribution in [0.3, 0.4) is 0 Å². The number of carbonyl (C=O) groups is 1. The Labute approximate surface area is 204 Å². The van der Waals surface area contributed by atoms with Gasteiger partial charge in [-0.2, -0.15) is 0 Å². The number of hydrogen-bond acceptors (Lipinski definition) is 5. The van der Waals surface area contributed by atoms with E-state index in [-0.39, 0.29) is 10.8 Å². The number of aryl methyl sites for hydroxylation is 1. The third kappa shape index (κ3) is 5.39. The summed E-state index contributed by atoms with van der Waals surface area (Å²) in [5.74, 6) is 0.0478. The van der Waals surface area contributed by atoms with Gasteiger partial charge in [-0.3, -0.25) is 0 Å². The summed E-state index contributed by atoms with van der Waals surface area (Å²) in [6.45, 7) is 9.43. The van der Waals surface area contributed by atoms with E-state index in [1.54, 1.807) is 40.7 Å². The number of nitrogens with zero attached hydrogens (tertiary/aromatic N) is 2. The molecule has 1 aliphatic rings.